The van der Waals surface area contributed by atoms with Gasteiger partial charge in [0, 0.05) is 24.8 Å². The summed E-state index contributed by atoms with van der Waals surface area (Å²) in [5.41, 5.74) is -2.97. The molecule has 0 aliphatic rings. The first-order chi connectivity index (χ1) is 5.78. The predicted octanol–water partition coefficient (Wildman–Crippen LogP) is -14.2. The van der Waals surface area contributed by atoms with E-state index in [4.69, 9.17) is 5.11 Å². The average Bonchev–Trinajstić information content (AvgIpc) is 1.82. The minimum Gasteiger partial charge on any atom is -0.550 e. The Labute approximate surface area is 137 Å². The van der Waals surface area contributed by atoms with E-state index in [2.05, 4.69) is 0 Å². The van der Waals surface area contributed by atoms with Crippen molar-refractivity contribution in [2.75, 3.05) is 0 Å². The molecule has 0 aromatic rings. The van der Waals surface area contributed by atoms with E-state index in [-0.39, 0.29) is 67.3 Å². The van der Waals surface area contributed by atoms with Gasteiger partial charge < -0.3 is 34.8 Å². The van der Waals surface area contributed by atoms with Crippen LogP contribution in [-0.2, 0) is 14.4 Å². The normalized spacial score (nSPS) is 8.81. The molecule has 0 atom stereocenters. The number of rotatable bonds is 5. The van der Waals surface area contributed by atoms with Crippen molar-refractivity contribution < 1.29 is 102 Å². The quantitative estimate of drug-likeness (QED) is 0.458. The Morgan fingerprint density at radius 3 is 1.31 bits per heavy atom. The fraction of sp³-hybridized carbons (Fsp3) is 0.500. The molecule has 0 saturated heterocycles. The molecule has 1 N–H and O–H groups in total. The summed E-state index contributed by atoms with van der Waals surface area (Å²) < 4.78 is 0. The fourth-order valence-corrected chi connectivity index (χ4v) is 0.684. The number of hydrogen-bond acceptors (Lipinski definition) is 7. The Bertz CT molecular complexity index is 241. The van der Waals surface area contributed by atoms with Crippen molar-refractivity contribution in [1.82, 2.24) is 0 Å². The molecular formula is C6H5Li2NaO7. The van der Waals surface area contributed by atoms with Crippen molar-refractivity contribution in [3.63, 3.8) is 0 Å². The zero-order valence-electron chi connectivity index (χ0n) is 9.31. The van der Waals surface area contributed by atoms with Gasteiger partial charge in [-0.2, -0.15) is 0 Å². The fourth-order valence-electron chi connectivity index (χ4n) is 0.684. The molecular weight excluding hydrogens is 221 g/mol. The van der Waals surface area contributed by atoms with Crippen LogP contribution in [0.15, 0.2) is 0 Å². The minimum absolute atomic E-state index is 0. The molecule has 10 heteroatoms. The molecule has 0 saturated carbocycles. The van der Waals surface area contributed by atoms with Crippen LogP contribution in [0.1, 0.15) is 12.8 Å². The largest absolute Gasteiger partial charge is 1.00 e. The van der Waals surface area contributed by atoms with E-state index in [1.165, 1.54) is 0 Å². The van der Waals surface area contributed by atoms with Gasteiger partial charge in [-0.1, -0.05) is 0 Å². The van der Waals surface area contributed by atoms with Crippen LogP contribution in [0.4, 0.5) is 0 Å². The maximum absolute atomic E-state index is 10.1. The number of hydrogen-bond donors (Lipinski definition) is 1. The molecule has 7 nitrogen and oxygen atoms in total. The van der Waals surface area contributed by atoms with Crippen molar-refractivity contribution in [2.24, 2.45) is 0 Å². The van der Waals surface area contributed by atoms with Crippen molar-refractivity contribution in [1.29, 1.82) is 0 Å². The van der Waals surface area contributed by atoms with Gasteiger partial charge in [-0.25, -0.2) is 0 Å². The van der Waals surface area contributed by atoms with Crippen LogP contribution in [0, 0.1) is 0 Å². The number of aliphatic carboxylic acids is 3. The first-order valence-electron chi connectivity index (χ1n) is 3.11. The van der Waals surface area contributed by atoms with Crippen LogP contribution in [0.2, 0.25) is 0 Å². The molecule has 0 spiro atoms. The van der Waals surface area contributed by atoms with Crippen LogP contribution >= 0.6 is 0 Å². The second-order valence-electron chi connectivity index (χ2n) is 2.42. The van der Waals surface area contributed by atoms with E-state index in [0.717, 1.165) is 0 Å². The topological polar surface area (TPSA) is 141 Å². The Balaban J connectivity index is -0.000000240. The van der Waals surface area contributed by atoms with E-state index in [1.54, 1.807) is 0 Å². The van der Waals surface area contributed by atoms with Gasteiger partial charge in [-0.05, 0) is 0 Å². The van der Waals surface area contributed by atoms with Gasteiger partial charge in [0.2, 0.25) is 0 Å². The van der Waals surface area contributed by atoms with Gasteiger partial charge in [0.1, 0.15) is 5.60 Å². The second kappa shape index (κ2) is 10.7. The smallest absolute Gasteiger partial charge is 0.550 e. The molecule has 16 heavy (non-hydrogen) atoms. The zero-order valence-corrected chi connectivity index (χ0v) is 11.3. The summed E-state index contributed by atoms with van der Waals surface area (Å²) in [7, 11) is 0. The van der Waals surface area contributed by atoms with Crippen LogP contribution in [0.5, 0.6) is 0 Å². The summed E-state index contributed by atoms with van der Waals surface area (Å²) in [6.07, 6.45) is -2.72. The number of carboxylic acid groups (broad SMARTS) is 3. The zero-order chi connectivity index (χ0) is 10.6. The van der Waals surface area contributed by atoms with E-state index in [9.17, 15) is 29.7 Å². The van der Waals surface area contributed by atoms with Gasteiger partial charge in [0.15, 0.2) is 0 Å². The third-order valence-corrected chi connectivity index (χ3v) is 1.25. The van der Waals surface area contributed by atoms with Crippen LogP contribution in [-0.4, -0.2) is 28.6 Å². The predicted molar refractivity (Wildman–Crippen MR) is 29.2 cm³/mol. The first kappa shape index (κ1) is 25.4. The standard InChI is InChI=1S/C6H8O7.2Li.Na/c7-3(8)1-6(13,5(11)12)2-4(9)10;;;/h13H,1-2H2,(H,7,8)(H,9,10)(H,11,12);;;/q;3*+1/p-3. The average molecular weight is 226 g/mol. The van der Waals surface area contributed by atoms with E-state index >= 15 is 0 Å². The molecule has 0 rings (SSSR count). The Hall–Kier alpha value is 0.565. The molecule has 0 unspecified atom stereocenters. The summed E-state index contributed by atoms with van der Waals surface area (Å²) in [5, 5.41) is 38.9. The van der Waals surface area contributed by atoms with Gasteiger partial charge in [-0.15, -0.1) is 0 Å². The third kappa shape index (κ3) is 9.77. The monoisotopic (exact) mass is 226 g/mol. The second-order valence-corrected chi connectivity index (χ2v) is 2.42. The third-order valence-electron chi connectivity index (χ3n) is 1.25. The van der Waals surface area contributed by atoms with Crippen LogP contribution in [0.3, 0.4) is 0 Å². The number of carbonyl (C=O) groups excluding carboxylic acids is 3. The summed E-state index contributed by atoms with van der Waals surface area (Å²) in [4.78, 5) is 30.0. The van der Waals surface area contributed by atoms with Gasteiger partial charge in [0.25, 0.3) is 0 Å². The summed E-state index contributed by atoms with van der Waals surface area (Å²) in [5.74, 6) is -5.98. The molecule has 0 aliphatic carbocycles. The Morgan fingerprint density at radius 2 is 1.19 bits per heavy atom. The summed E-state index contributed by atoms with van der Waals surface area (Å²) in [6.45, 7) is 0. The molecule has 0 amide bonds. The van der Waals surface area contributed by atoms with Gasteiger partial charge in [0.05, 0.1) is 5.97 Å². The van der Waals surface area contributed by atoms with E-state index < -0.39 is 36.4 Å². The molecule has 0 fully saturated rings. The van der Waals surface area contributed by atoms with E-state index in [0.29, 0.717) is 0 Å². The maximum Gasteiger partial charge on any atom is 1.00 e. The Kier molecular flexibility index (Phi) is 17.0. The minimum atomic E-state index is -2.97. The van der Waals surface area contributed by atoms with Crippen molar-refractivity contribution in [3.05, 3.63) is 0 Å². The maximum atomic E-state index is 10.1. The van der Waals surface area contributed by atoms with Crippen LogP contribution < -0.4 is 82.6 Å². The number of aliphatic hydroxyl groups is 1. The van der Waals surface area contributed by atoms with E-state index in [1.807, 2.05) is 0 Å². The van der Waals surface area contributed by atoms with Crippen molar-refractivity contribution >= 4 is 17.9 Å². The van der Waals surface area contributed by atoms with Crippen molar-refractivity contribution in [3.8, 4) is 0 Å². The molecule has 74 valence electrons. The molecule has 0 radical (unpaired) electrons. The van der Waals surface area contributed by atoms with Crippen LogP contribution in [0.25, 0.3) is 0 Å². The summed E-state index contributed by atoms with van der Waals surface area (Å²) in [6, 6.07) is 0. The van der Waals surface area contributed by atoms with Gasteiger partial charge >= 0.3 is 67.3 Å². The summed E-state index contributed by atoms with van der Waals surface area (Å²) >= 11 is 0. The molecule has 0 aliphatic heterocycles. The Morgan fingerprint density at radius 1 is 0.938 bits per heavy atom. The number of carboxylic acids is 3. The first-order valence-corrected chi connectivity index (χ1v) is 3.11. The van der Waals surface area contributed by atoms with Gasteiger partial charge in [-0.3, -0.25) is 0 Å². The molecule has 0 heterocycles. The molecule has 0 aromatic carbocycles. The molecule has 0 bridgehead atoms. The molecule has 0 aromatic heterocycles. The SMILES string of the molecule is O=C([O-])CC(O)(CC(=O)[O-])C(=O)[O-].[Li+].[Li+].[Na+]. The number of carbonyl (C=O) groups is 3. The van der Waals surface area contributed by atoms with Crippen molar-refractivity contribution in [2.45, 2.75) is 18.4 Å².